The molecule has 0 aliphatic heterocycles. The quantitative estimate of drug-likeness (QED) is 0.478. The van der Waals surface area contributed by atoms with E-state index in [-0.39, 0.29) is 23.3 Å². The zero-order valence-electron chi connectivity index (χ0n) is 13.6. The van der Waals surface area contributed by atoms with Crippen molar-refractivity contribution >= 4 is 32.9 Å². The Morgan fingerprint density at radius 2 is 1.81 bits per heavy atom. The molecule has 0 aliphatic rings. The lowest BCUT2D eigenvalue weighted by atomic mass is 10.3. The summed E-state index contributed by atoms with van der Waals surface area (Å²) in [6.45, 7) is -0.0846. The maximum atomic E-state index is 12.2. The van der Waals surface area contributed by atoms with E-state index in [1.165, 1.54) is 12.1 Å². The van der Waals surface area contributed by atoms with E-state index in [1.54, 1.807) is 42.5 Å². The topological polar surface area (TPSA) is 144 Å². The molecule has 0 bridgehead atoms. The van der Waals surface area contributed by atoms with E-state index in [0.29, 0.717) is 11.4 Å². The number of rotatable bonds is 8. The van der Waals surface area contributed by atoms with Gasteiger partial charge in [-0.25, -0.2) is 17.3 Å². The molecule has 1 atom stereocenters. The van der Waals surface area contributed by atoms with Crippen molar-refractivity contribution in [2.75, 3.05) is 9.44 Å². The molecule has 12 heteroatoms. The molecule has 0 saturated heterocycles. The van der Waals surface area contributed by atoms with Crippen LogP contribution in [0.15, 0.2) is 64.0 Å². The molecule has 3 rings (SSSR count). The summed E-state index contributed by atoms with van der Waals surface area (Å²) in [6, 6.07) is 14.0. The molecule has 3 N–H and O–H groups in total. The third-order valence-electron chi connectivity index (χ3n) is 3.17. The summed E-state index contributed by atoms with van der Waals surface area (Å²) in [5.74, 6) is 0.315. The highest BCUT2D eigenvalue weighted by atomic mass is 32.2. The second kappa shape index (κ2) is 8.16. The Balaban J connectivity index is 1.59. The van der Waals surface area contributed by atoms with Crippen LogP contribution in [-0.4, -0.2) is 27.3 Å². The molecule has 0 radical (unpaired) electrons. The summed E-state index contributed by atoms with van der Waals surface area (Å²) >= 11 is -2.16. The van der Waals surface area contributed by atoms with Gasteiger partial charge < -0.3 is 9.26 Å². The van der Waals surface area contributed by atoms with Crippen LogP contribution in [0.4, 0.5) is 11.6 Å². The fourth-order valence-corrected chi connectivity index (χ4v) is 3.29. The number of nitrogens with zero attached hydrogens (tertiary/aromatic N) is 2. The van der Waals surface area contributed by atoms with E-state index in [4.69, 9.17) is 13.8 Å². The average molecular weight is 410 g/mol. The van der Waals surface area contributed by atoms with Gasteiger partial charge in [0.2, 0.25) is 0 Å². The van der Waals surface area contributed by atoms with Crippen LogP contribution in [0.2, 0.25) is 0 Å². The molecule has 10 nitrogen and oxygen atoms in total. The molecule has 1 aromatic heterocycles. The standard InChI is InChI=1S/C15H14N4O6S2/c20-26(21)18-11-6-8-12(9-7-11)24-10-14-16-15(17-25-14)19-27(22,23)13-4-2-1-3-5-13/h1-9,18H,10H2,(H,17,19)(H,20,21). The number of aromatic nitrogens is 2. The first-order valence-corrected chi connectivity index (χ1v) is 10.0. The summed E-state index contributed by atoms with van der Waals surface area (Å²) in [5, 5.41) is 3.56. The molecule has 3 aromatic rings. The lowest BCUT2D eigenvalue weighted by molar-refractivity contribution is 0.243. The van der Waals surface area contributed by atoms with Gasteiger partial charge in [0.15, 0.2) is 6.61 Å². The summed E-state index contributed by atoms with van der Waals surface area (Å²) in [6.07, 6.45) is 0. The Hall–Kier alpha value is -2.96. The van der Waals surface area contributed by atoms with Gasteiger partial charge >= 0.3 is 0 Å². The number of anilines is 2. The molecule has 142 valence electrons. The zero-order chi connectivity index (χ0) is 19.3. The van der Waals surface area contributed by atoms with E-state index >= 15 is 0 Å². The molecule has 2 aromatic carbocycles. The first kappa shape index (κ1) is 18.8. The predicted molar refractivity (Wildman–Crippen MR) is 96.7 cm³/mol. The van der Waals surface area contributed by atoms with Gasteiger partial charge in [-0.1, -0.05) is 18.2 Å². The Morgan fingerprint density at radius 3 is 2.48 bits per heavy atom. The maximum absolute atomic E-state index is 12.2. The highest BCUT2D eigenvalue weighted by molar-refractivity contribution is 7.92. The first-order chi connectivity index (χ1) is 12.9. The number of sulfonamides is 1. The fourth-order valence-electron chi connectivity index (χ4n) is 2.00. The smallest absolute Gasteiger partial charge is 0.277 e. The van der Waals surface area contributed by atoms with Gasteiger partial charge in [0.1, 0.15) is 5.75 Å². The van der Waals surface area contributed by atoms with E-state index in [2.05, 4.69) is 19.6 Å². The van der Waals surface area contributed by atoms with Crippen molar-refractivity contribution in [3.8, 4) is 5.75 Å². The number of hydrogen-bond acceptors (Lipinski definition) is 7. The van der Waals surface area contributed by atoms with Gasteiger partial charge in [0, 0.05) is 5.69 Å². The number of ether oxygens (including phenoxy) is 1. The summed E-state index contributed by atoms with van der Waals surface area (Å²) < 4.78 is 58.7. The number of hydrogen-bond donors (Lipinski definition) is 3. The van der Waals surface area contributed by atoms with E-state index in [0.717, 1.165) is 0 Å². The van der Waals surface area contributed by atoms with Crippen LogP contribution in [-0.2, 0) is 27.9 Å². The molecular weight excluding hydrogens is 396 g/mol. The number of nitrogens with one attached hydrogen (secondary N) is 2. The van der Waals surface area contributed by atoms with E-state index in [9.17, 15) is 12.6 Å². The van der Waals surface area contributed by atoms with Gasteiger partial charge in [0.05, 0.1) is 4.90 Å². The molecular formula is C15H14N4O6S2. The first-order valence-electron chi connectivity index (χ1n) is 7.43. The Labute approximate surface area is 157 Å². The van der Waals surface area contributed by atoms with Crippen molar-refractivity contribution in [3.05, 3.63) is 60.5 Å². The van der Waals surface area contributed by atoms with E-state index < -0.39 is 21.3 Å². The predicted octanol–water partition coefficient (Wildman–Crippen LogP) is 2.00. The van der Waals surface area contributed by atoms with Gasteiger partial charge in [-0.15, -0.1) is 0 Å². The molecule has 0 saturated carbocycles. The second-order valence-electron chi connectivity index (χ2n) is 5.09. The third kappa shape index (κ3) is 5.26. The van der Waals surface area contributed by atoms with Crippen LogP contribution in [0.5, 0.6) is 5.75 Å². The fraction of sp³-hybridized carbons (Fsp3) is 0.0667. The molecule has 0 spiro atoms. The van der Waals surface area contributed by atoms with Crippen LogP contribution in [0.3, 0.4) is 0 Å². The van der Waals surface area contributed by atoms with Crippen LogP contribution in [0, 0.1) is 0 Å². The molecule has 0 amide bonds. The Bertz CT molecular complexity index is 1020. The lowest BCUT2D eigenvalue weighted by Crippen LogP contribution is -2.13. The van der Waals surface area contributed by atoms with Crippen molar-refractivity contribution in [2.45, 2.75) is 11.5 Å². The summed E-state index contributed by atoms with van der Waals surface area (Å²) in [7, 11) is -3.81. The van der Waals surface area contributed by atoms with Crippen LogP contribution < -0.4 is 14.2 Å². The maximum Gasteiger partial charge on any atom is 0.277 e. The van der Waals surface area contributed by atoms with Crippen LogP contribution in [0.1, 0.15) is 5.89 Å². The van der Waals surface area contributed by atoms with Crippen molar-refractivity contribution in [3.63, 3.8) is 0 Å². The molecule has 0 fully saturated rings. The highest BCUT2D eigenvalue weighted by Gasteiger charge is 2.17. The molecule has 27 heavy (non-hydrogen) atoms. The second-order valence-corrected chi connectivity index (χ2v) is 7.48. The SMILES string of the molecule is O=S(O)Nc1ccc(OCc2nc(NS(=O)(=O)c3ccccc3)no2)cc1. The minimum Gasteiger partial charge on any atom is -0.484 e. The van der Waals surface area contributed by atoms with Crippen molar-refractivity contribution in [1.29, 1.82) is 0 Å². The molecule has 1 heterocycles. The Morgan fingerprint density at radius 1 is 1.11 bits per heavy atom. The van der Waals surface area contributed by atoms with E-state index in [1.807, 2.05) is 0 Å². The molecule has 1 unspecified atom stereocenters. The van der Waals surface area contributed by atoms with Crippen molar-refractivity contribution in [1.82, 2.24) is 10.1 Å². The van der Waals surface area contributed by atoms with Crippen LogP contribution >= 0.6 is 0 Å². The lowest BCUT2D eigenvalue weighted by Gasteiger charge is -2.05. The minimum absolute atomic E-state index is 0.0689. The van der Waals surface area contributed by atoms with Crippen molar-refractivity contribution < 1.29 is 26.4 Å². The summed E-state index contributed by atoms with van der Waals surface area (Å²) in [5.41, 5.74) is 0.443. The van der Waals surface area contributed by atoms with Gasteiger partial charge in [0.25, 0.3) is 33.1 Å². The van der Waals surface area contributed by atoms with Gasteiger partial charge in [-0.3, -0.25) is 9.27 Å². The van der Waals surface area contributed by atoms with Gasteiger partial charge in [-0.2, -0.15) is 4.98 Å². The monoisotopic (exact) mass is 410 g/mol. The molecule has 0 aliphatic carbocycles. The largest absolute Gasteiger partial charge is 0.484 e. The zero-order valence-corrected chi connectivity index (χ0v) is 15.2. The normalized spacial score (nSPS) is 12.3. The Kier molecular flexibility index (Phi) is 5.69. The van der Waals surface area contributed by atoms with Crippen molar-refractivity contribution in [2.24, 2.45) is 0 Å². The van der Waals surface area contributed by atoms with Gasteiger partial charge in [-0.05, 0) is 41.6 Å². The summed E-state index contributed by atoms with van der Waals surface area (Å²) in [4.78, 5) is 3.99. The highest BCUT2D eigenvalue weighted by Crippen LogP contribution is 2.18. The number of benzene rings is 2. The third-order valence-corrected chi connectivity index (χ3v) is 4.92. The van der Waals surface area contributed by atoms with Crippen LogP contribution in [0.25, 0.3) is 0 Å². The average Bonchev–Trinajstić information content (AvgIpc) is 3.08. The minimum atomic E-state index is -3.81.